The lowest BCUT2D eigenvalue weighted by Gasteiger charge is -2.27. The van der Waals surface area contributed by atoms with Crippen LogP contribution in [0.5, 0.6) is 0 Å². The van der Waals surface area contributed by atoms with Crippen LogP contribution in [0.15, 0.2) is 0 Å². The molecule has 1 aliphatic rings. The maximum absolute atomic E-state index is 9.21. The molecule has 1 saturated heterocycles. The zero-order valence-corrected chi connectivity index (χ0v) is 12.6. The fourth-order valence-electron chi connectivity index (χ4n) is 2.28. The summed E-state index contributed by atoms with van der Waals surface area (Å²) in [5.74, 6) is 5.76. The molecule has 3 nitrogen and oxygen atoms in total. The normalized spacial score (nSPS) is 26.3. The van der Waals surface area contributed by atoms with E-state index in [1.165, 1.54) is 25.7 Å². The maximum atomic E-state index is 9.21. The molecule has 0 amide bonds. The van der Waals surface area contributed by atoms with E-state index in [0.29, 0.717) is 0 Å². The van der Waals surface area contributed by atoms with Crippen LogP contribution in [0.2, 0.25) is 0 Å². The first-order valence-electron chi connectivity index (χ1n) is 7.52. The summed E-state index contributed by atoms with van der Waals surface area (Å²) in [5.41, 5.74) is 0. The third-order valence-electron chi connectivity index (χ3n) is 3.25. The molecule has 3 heteroatoms. The number of ether oxygens (including phenoxy) is 2. The lowest BCUT2D eigenvalue weighted by molar-refractivity contribution is -0.237. The van der Waals surface area contributed by atoms with E-state index in [2.05, 4.69) is 18.8 Å². The van der Waals surface area contributed by atoms with E-state index in [9.17, 15) is 5.11 Å². The summed E-state index contributed by atoms with van der Waals surface area (Å²) >= 11 is 0. The van der Waals surface area contributed by atoms with Gasteiger partial charge in [0.05, 0.1) is 12.7 Å². The summed E-state index contributed by atoms with van der Waals surface area (Å²) in [6.07, 6.45) is 7.36. The molecule has 2 atom stereocenters. The summed E-state index contributed by atoms with van der Waals surface area (Å²) in [7, 11) is 0. The summed E-state index contributed by atoms with van der Waals surface area (Å²) in [6, 6.07) is 0. The van der Waals surface area contributed by atoms with Crippen LogP contribution in [0.1, 0.15) is 65.7 Å². The third-order valence-corrected chi connectivity index (χ3v) is 3.25. The molecule has 19 heavy (non-hydrogen) atoms. The molecule has 0 saturated carbocycles. The van der Waals surface area contributed by atoms with Gasteiger partial charge in [-0.2, -0.15) is 0 Å². The summed E-state index contributed by atoms with van der Waals surface area (Å²) in [6.45, 7) is 6.03. The Hall–Kier alpha value is -0.560. The number of hydrogen-bond acceptors (Lipinski definition) is 3. The minimum Gasteiger partial charge on any atom is -0.394 e. The summed E-state index contributed by atoms with van der Waals surface area (Å²) < 4.78 is 11.5. The lowest BCUT2D eigenvalue weighted by atomic mass is 10.1. The monoisotopic (exact) mass is 268 g/mol. The molecule has 0 aromatic rings. The molecule has 0 bridgehead atoms. The Balaban J connectivity index is 2.39. The van der Waals surface area contributed by atoms with Gasteiger partial charge in [0.25, 0.3) is 0 Å². The standard InChI is InChI=1S/C16H28O3/c1-4-5-6-7-8-9-10-14-11-12-15(13-17)19-16(2,3)18-14/h14-15,17H,4-8,11-13H2,1-3H3/t14-,15+/m0/s1. The molecule has 1 heterocycles. The van der Waals surface area contributed by atoms with E-state index in [4.69, 9.17) is 9.47 Å². The molecule has 0 unspecified atom stereocenters. The molecule has 1 N–H and O–H groups in total. The van der Waals surface area contributed by atoms with Crippen LogP contribution < -0.4 is 0 Å². The SMILES string of the molecule is CCCCCCC#C[C@H]1CC[C@H](CO)OC(C)(C)O1. The van der Waals surface area contributed by atoms with Gasteiger partial charge in [-0.1, -0.05) is 32.1 Å². The van der Waals surface area contributed by atoms with Crippen molar-refractivity contribution in [3.8, 4) is 11.8 Å². The Morgan fingerprint density at radius 2 is 1.95 bits per heavy atom. The number of aliphatic hydroxyl groups excluding tert-OH is 1. The molecule has 1 rings (SSSR count). The third kappa shape index (κ3) is 6.96. The van der Waals surface area contributed by atoms with Gasteiger partial charge >= 0.3 is 0 Å². The van der Waals surface area contributed by atoms with Crippen molar-refractivity contribution in [2.75, 3.05) is 6.61 Å². The van der Waals surface area contributed by atoms with E-state index in [0.717, 1.165) is 19.3 Å². The van der Waals surface area contributed by atoms with Crippen molar-refractivity contribution >= 4 is 0 Å². The quantitative estimate of drug-likeness (QED) is 0.614. The lowest BCUT2D eigenvalue weighted by Crippen LogP contribution is -2.34. The number of hydrogen-bond donors (Lipinski definition) is 1. The van der Waals surface area contributed by atoms with Crippen molar-refractivity contribution in [1.29, 1.82) is 0 Å². The summed E-state index contributed by atoms with van der Waals surface area (Å²) in [5, 5.41) is 9.21. The van der Waals surface area contributed by atoms with Gasteiger partial charge in [-0.3, -0.25) is 0 Å². The Morgan fingerprint density at radius 3 is 2.63 bits per heavy atom. The fraction of sp³-hybridized carbons (Fsp3) is 0.875. The molecule has 0 aromatic heterocycles. The second kappa shape index (κ2) is 8.58. The van der Waals surface area contributed by atoms with E-state index < -0.39 is 5.79 Å². The van der Waals surface area contributed by atoms with Crippen LogP contribution in [0.3, 0.4) is 0 Å². The highest BCUT2D eigenvalue weighted by Gasteiger charge is 2.31. The highest BCUT2D eigenvalue weighted by atomic mass is 16.7. The van der Waals surface area contributed by atoms with Gasteiger partial charge in [0.15, 0.2) is 5.79 Å². The molecule has 1 fully saturated rings. The van der Waals surface area contributed by atoms with Gasteiger partial charge in [-0.15, -0.1) is 5.92 Å². The maximum Gasteiger partial charge on any atom is 0.164 e. The van der Waals surface area contributed by atoms with Crippen molar-refractivity contribution in [3.63, 3.8) is 0 Å². The van der Waals surface area contributed by atoms with Crippen LogP contribution in [0, 0.1) is 11.8 Å². The minimum absolute atomic E-state index is 0.0456. The predicted octanol–water partition coefficient (Wildman–Crippen LogP) is 3.25. The second-order valence-electron chi connectivity index (χ2n) is 5.64. The van der Waals surface area contributed by atoms with Crippen LogP contribution in [-0.2, 0) is 9.47 Å². The predicted molar refractivity (Wildman–Crippen MR) is 76.7 cm³/mol. The van der Waals surface area contributed by atoms with Gasteiger partial charge in [0, 0.05) is 6.42 Å². The van der Waals surface area contributed by atoms with Crippen LogP contribution >= 0.6 is 0 Å². The van der Waals surface area contributed by atoms with Crippen molar-refractivity contribution in [2.45, 2.75) is 83.7 Å². The molecule has 1 aliphatic heterocycles. The van der Waals surface area contributed by atoms with E-state index >= 15 is 0 Å². The number of rotatable bonds is 5. The Morgan fingerprint density at radius 1 is 1.16 bits per heavy atom. The summed E-state index contributed by atoms with van der Waals surface area (Å²) in [4.78, 5) is 0. The van der Waals surface area contributed by atoms with Gasteiger partial charge < -0.3 is 14.6 Å². The van der Waals surface area contributed by atoms with E-state index in [1.807, 2.05) is 13.8 Å². The molecule has 0 spiro atoms. The zero-order chi connectivity index (χ0) is 14.1. The highest BCUT2D eigenvalue weighted by molar-refractivity contribution is 5.06. The van der Waals surface area contributed by atoms with Gasteiger partial charge in [0.1, 0.15) is 6.10 Å². The second-order valence-corrected chi connectivity index (χ2v) is 5.64. The number of aliphatic hydroxyl groups is 1. The van der Waals surface area contributed by atoms with Crippen molar-refractivity contribution in [1.82, 2.24) is 0 Å². The topological polar surface area (TPSA) is 38.7 Å². The average Bonchev–Trinajstić information content (AvgIpc) is 2.51. The highest BCUT2D eigenvalue weighted by Crippen LogP contribution is 2.25. The first-order chi connectivity index (χ1) is 9.07. The molecule has 0 aromatic carbocycles. The first kappa shape index (κ1) is 16.5. The van der Waals surface area contributed by atoms with Crippen molar-refractivity contribution < 1.29 is 14.6 Å². The molecular weight excluding hydrogens is 240 g/mol. The average molecular weight is 268 g/mol. The van der Waals surface area contributed by atoms with Crippen LogP contribution in [0.25, 0.3) is 0 Å². The van der Waals surface area contributed by atoms with Gasteiger partial charge in [-0.25, -0.2) is 0 Å². The minimum atomic E-state index is -0.661. The largest absolute Gasteiger partial charge is 0.394 e. The van der Waals surface area contributed by atoms with E-state index in [-0.39, 0.29) is 18.8 Å². The van der Waals surface area contributed by atoms with Gasteiger partial charge in [0.2, 0.25) is 0 Å². The Labute approximate surface area is 117 Å². The smallest absolute Gasteiger partial charge is 0.164 e. The Bertz CT molecular complexity index is 301. The first-order valence-corrected chi connectivity index (χ1v) is 7.52. The number of unbranched alkanes of at least 4 members (excludes halogenated alkanes) is 4. The van der Waals surface area contributed by atoms with Crippen molar-refractivity contribution in [3.05, 3.63) is 0 Å². The van der Waals surface area contributed by atoms with Crippen LogP contribution in [-0.4, -0.2) is 29.7 Å². The molecular formula is C16H28O3. The van der Waals surface area contributed by atoms with Crippen molar-refractivity contribution in [2.24, 2.45) is 0 Å². The molecule has 0 radical (unpaired) electrons. The molecule has 0 aliphatic carbocycles. The van der Waals surface area contributed by atoms with Gasteiger partial charge in [-0.05, 0) is 33.1 Å². The van der Waals surface area contributed by atoms with E-state index in [1.54, 1.807) is 0 Å². The molecule has 110 valence electrons. The Kier molecular flexibility index (Phi) is 7.45. The van der Waals surface area contributed by atoms with Crippen LogP contribution in [0.4, 0.5) is 0 Å². The zero-order valence-electron chi connectivity index (χ0n) is 12.6. The fourth-order valence-corrected chi connectivity index (χ4v) is 2.28.